The van der Waals surface area contributed by atoms with Crippen molar-refractivity contribution >= 4 is 23.5 Å². The van der Waals surface area contributed by atoms with Gasteiger partial charge in [0.2, 0.25) is 0 Å². The number of carbonyl (C=O) groups excluding carboxylic acids is 1. The number of hydrogen-bond acceptors (Lipinski definition) is 5. The highest BCUT2D eigenvalue weighted by molar-refractivity contribution is 7.98. The number of rotatable bonds is 5. The fourth-order valence-electron chi connectivity index (χ4n) is 3.88. The summed E-state index contributed by atoms with van der Waals surface area (Å²) < 4.78 is 0. The van der Waals surface area contributed by atoms with E-state index in [9.17, 15) is 4.79 Å². The molecule has 0 aliphatic carbocycles. The first-order chi connectivity index (χ1) is 13.6. The lowest BCUT2D eigenvalue weighted by molar-refractivity contribution is 0.0793. The van der Waals surface area contributed by atoms with E-state index in [0.717, 1.165) is 67.0 Å². The highest BCUT2D eigenvalue weighted by Crippen LogP contribution is 2.28. The molecule has 1 amide bonds. The van der Waals surface area contributed by atoms with Crippen LogP contribution in [0.3, 0.4) is 0 Å². The van der Waals surface area contributed by atoms with Crippen LogP contribution < -0.4 is 4.90 Å². The SMILES string of the molecule is Cc1nc(SCc2ccc(C(=O)N3CCCC3)cc2)nc(N2CCCC2)c1C. The minimum absolute atomic E-state index is 0.157. The van der Waals surface area contributed by atoms with Crippen LogP contribution >= 0.6 is 11.8 Å². The normalized spacial score (nSPS) is 16.8. The fourth-order valence-corrected chi connectivity index (χ4v) is 4.72. The van der Waals surface area contributed by atoms with E-state index in [1.807, 2.05) is 17.0 Å². The lowest BCUT2D eigenvalue weighted by atomic mass is 10.1. The summed E-state index contributed by atoms with van der Waals surface area (Å²) in [6, 6.07) is 8.01. The van der Waals surface area contributed by atoms with Crippen molar-refractivity contribution in [3.05, 3.63) is 46.6 Å². The Bertz CT molecular complexity index is 840. The number of amides is 1. The van der Waals surface area contributed by atoms with Gasteiger partial charge in [0, 0.05) is 48.8 Å². The first kappa shape index (κ1) is 19.2. The van der Waals surface area contributed by atoms with Gasteiger partial charge in [-0.25, -0.2) is 9.97 Å². The van der Waals surface area contributed by atoms with Crippen LogP contribution in [-0.4, -0.2) is 47.0 Å². The molecule has 28 heavy (non-hydrogen) atoms. The molecule has 1 aromatic heterocycles. The van der Waals surface area contributed by atoms with E-state index in [0.29, 0.717) is 0 Å². The first-order valence-electron chi connectivity index (χ1n) is 10.2. The Morgan fingerprint density at radius 2 is 1.61 bits per heavy atom. The van der Waals surface area contributed by atoms with Gasteiger partial charge in [0.25, 0.3) is 5.91 Å². The van der Waals surface area contributed by atoms with Crippen molar-refractivity contribution in [2.45, 2.75) is 50.4 Å². The zero-order chi connectivity index (χ0) is 19.5. The molecule has 2 aliphatic heterocycles. The van der Waals surface area contributed by atoms with E-state index < -0.39 is 0 Å². The van der Waals surface area contributed by atoms with Crippen molar-refractivity contribution in [3.63, 3.8) is 0 Å². The maximum Gasteiger partial charge on any atom is 0.253 e. The van der Waals surface area contributed by atoms with Crippen molar-refractivity contribution in [1.29, 1.82) is 0 Å². The standard InChI is InChI=1S/C22H28N4OS/c1-16-17(2)23-22(24-20(16)25-11-3-4-12-25)28-15-18-7-9-19(10-8-18)21(27)26-13-5-6-14-26/h7-10H,3-6,11-15H2,1-2H3. The zero-order valence-corrected chi connectivity index (χ0v) is 17.6. The molecule has 0 atom stereocenters. The highest BCUT2D eigenvalue weighted by Gasteiger charge is 2.20. The van der Waals surface area contributed by atoms with Gasteiger partial charge in [-0.3, -0.25) is 4.79 Å². The maximum absolute atomic E-state index is 12.5. The molecule has 1 aromatic carbocycles. The molecular weight excluding hydrogens is 368 g/mol. The predicted octanol–water partition coefficient (Wildman–Crippen LogP) is 4.22. The smallest absolute Gasteiger partial charge is 0.253 e. The van der Waals surface area contributed by atoms with Crippen LogP contribution in [0.1, 0.15) is 52.9 Å². The Hall–Kier alpha value is -2.08. The monoisotopic (exact) mass is 396 g/mol. The summed E-state index contributed by atoms with van der Waals surface area (Å²) in [5, 5.41) is 0.835. The third kappa shape index (κ3) is 4.17. The van der Waals surface area contributed by atoms with E-state index in [-0.39, 0.29) is 5.91 Å². The molecule has 3 heterocycles. The van der Waals surface area contributed by atoms with Crippen LogP contribution in [-0.2, 0) is 5.75 Å². The van der Waals surface area contributed by atoms with Crippen LogP contribution in [0.2, 0.25) is 0 Å². The Morgan fingerprint density at radius 1 is 0.964 bits per heavy atom. The Kier molecular flexibility index (Phi) is 5.85. The van der Waals surface area contributed by atoms with Gasteiger partial charge >= 0.3 is 0 Å². The number of hydrogen-bond donors (Lipinski definition) is 0. The van der Waals surface area contributed by atoms with Crippen molar-refractivity contribution in [3.8, 4) is 0 Å². The van der Waals surface area contributed by atoms with Gasteiger partial charge in [0.05, 0.1) is 0 Å². The minimum atomic E-state index is 0.157. The van der Waals surface area contributed by atoms with Gasteiger partial charge in [-0.15, -0.1) is 0 Å². The number of nitrogens with zero attached hydrogens (tertiary/aromatic N) is 4. The van der Waals surface area contributed by atoms with Crippen molar-refractivity contribution in [2.24, 2.45) is 0 Å². The van der Waals surface area contributed by atoms with Gasteiger partial charge in [-0.05, 0) is 57.2 Å². The lowest BCUT2D eigenvalue weighted by Crippen LogP contribution is -2.27. The largest absolute Gasteiger partial charge is 0.356 e. The number of likely N-dealkylation sites (tertiary alicyclic amines) is 1. The summed E-state index contributed by atoms with van der Waals surface area (Å²) in [6.45, 7) is 8.15. The average Bonchev–Trinajstić information content (AvgIpc) is 3.43. The average molecular weight is 397 g/mol. The molecule has 2 fully saturated rings. The number of thioether (sulfide) groups is 1. The Balaban J connectivity index is 1.42. The molecule has 5 nitrogen and oxygen atoms in total. The summed E-state index contributed by atoms with van der Waals surface area (Å²) in [5.74, 6) is 2.06. The zero-order valence-electron chi connectivity index (χ0n) is 16.8. The Morgan fingerprint density at radius 3 is 2.29 bits per heavy atom. The van der Waals surface area contributed by atoms with Gasteiger partial charge in [-0.1, -0.05) is 23.9 Å². The number of aromatic nitrogens is 2. The fraction of sp³-hybridized carbons (Fsp3) is 0.500. The number of aryl methyl sites for hydroxylation is 1. The Labute approximate surface area is 171 Å². The molecule has 0 unspecified atom stereocenters. The molecule has 4 rings (SSSR count). The lowest BCUT2D eigenvalue weighted by Gasteiger charge is -2.20. The van der Waals surface area contributed by atoms with Gasteiger partial charge in [0.15, 0.2) is 5.16 Å². The molecule has 0 saturated carbocycles. The third-order valence-electron chi connectivity index (χ3n) is 5.71. The summed E-state index contributed by atoms with van der Waals surface area (Å²) >= 11 is 1.66. The van der Waals surface area contributed by atoms with E-state index in [1.165, 1.54) is 24.0 Å². The molecule has 2 aliphatic rings. The van der Waals surface area contributed by atoms with Gasteiger partial charge in [-0.2, -0.15) is 0 Å². The number of anilines is 1. The molecule has 148 valence electrons. The summed E-state index contributed by atoms with van der Waals surface area (Å²) in [6.07, 6.45) is 4.73. The van der Waals surface area contributed by atoms with Gasteiger partial charge in [0.1, 0.15) is 5.82 Å². The number of carbonyl (C=O) groups is 1. The topological polar surface area (TPSA) is 49.3 Å². The van der Waals surface area contributed by atoms with E-state index >= 15 is 0 Å². The molecule has 0 radical (unpaired) electrons. The molecule has 2 aromatic rings. The molecule has 2 saturated heterocycles. The third-order valence-corrected chi connectivity index (χ3v) is 6.63. The van der Waals surface area contributed by atoms with Crippen molar-refractivity contribution < 1.29 is 4.79 Å². The predicted molar refractivity (Wildman–Crippen MR) is 114 cm³/mol. The molecule has 0 bridgehead atoms. The highest BCUT2D eigenvalue weighted by atomic mass is 32.2. The second-order valence-electron chi connectivity index (χ2n) is 7.72. The molecule has 0 N–H and O–H groups in total. The molecular formula is C22H28N4OS. The second-order valence-corrected chi connectivity index (χ2v) is 8.66. The summed E-state index contributed by atoms with van der Waals surface area (Å²) in [5.41, 5.74) is 4.23. The van der Waals surface area contributed by atoms with Crippen LogP contribution in [0, 0.1) is 13.8 Å². The molecule has 6 heteroatoms. The number of benzene rings is 1. The van der Waals surface area contributed by atoms with E-state index in [1.54, 1.807) is 11.8 Å². The summed E-state index contributed by atoms with van der Waals surface area (Å²) in [7, 11) is 0. The van der Waals surface area contributed by atoms with Crippen LogP contribution in [0.5, 0.6) is 0 Å². The molecule has 0 spiro atoms. The first-order valence-corrected chi connectivity index (χ1v) is 11.2. The quantitative estimate of drug-likeness (QED) is 0.559. The van der Waals surface area contributed by atoms with Crippen LogP contribution in [0.4, 0.5) is 5.82 Å². The summed E-state index contributed by atoms with van der Waals surface area (Å²) in [4.78, 5) is 26.3. The van der Waals surface area contributed by atoms with E-state index in [2.05, 4.69) is 35.9 Å². The van der Waals surface area contributed by atoms with E-state index in [4.69, 9.17) is 4.98 Å². The van der Waals surface area contributed by atoms with Crippen molar-refractivity contribution in [2.75, 3.05) is 31.1 Å². The maximum atomic E-state index is 12.5. The second kappa shape index (κ2) is 8.52. The van der Waals surface area contributed by atoms with Crippen molar-refractivity contribution in [1.82, 2.24) is 14.9 Å². The van der Waals surface area contributed by atoms with Crippen LogP contribution in [0.25, 0.3) is 0 Å². The van der Waals surface area contributed by atoms with Crippen LogP contribution in [0.15, 0.2) is 29.4 Å². The minimum Gasteiger partial charge on any atom is -0.356 e. The van der Waals surface area contributed by atoms with Gasteiger partial charge < -0.3 is 9.80 Å².